The van der Waals surface area contributed by atoms with Crippen LogP contribution < -0.4 is 15.1 Å². The Morgan fingerprint density at radius 2 is 1.84 bits per heavy atom. The summed E-state index contributed by atoms with van der Waals surface area (Å²) in [6.07, 6.45) is 1.86. The van der Waals surface area contributed by atoms with Gasteiger partial charge >= 0.3 is 0 Å². The number of hydrogen-bond donors (Lipinski definition) is 1. The van der Waals surface area contributed by atoms with Crippen LogP contribution in [0.25, 0.3) is 0 Å². The summed E-state index contributed by atoms with van der Waals surface area (Å²) in [5, 5.41) is 3.83. The molecule has 0 unspecified atom stereocenters. The number of nitrogens with one attached hydrogen (secondary N) is 1. The summed E-state index contributed by atoms with van der Waals surface area (Å²) in [6, 6.07) is 15.4. The van der Waals surface area contributed by atoms with Gasteiger partial charge in [-0.25, -0.2) is 0 Å². The molecule has 1 N–H and O–H groups in total. The van der Waals surface area contributed by atoms with Gasteiger partial charge in [0.1, 0.15) is 6.04 Å². The number of anilines is 2. The van der Waals surface area contributed by atoms with Crippen LogP contribution in [0.4, 0.5) is 11.4 Å². The zero-order valence-corrected chi connectivity index (χ0v) is 19.4. The highest BCUT2D eigenvalue weighted by atomic mass is 35.5. The SMILES string of the molecule is CCC(=O)N1c2ccccc2C[C@@H]1C(=O)NCCCN1CCN(c2cccc(Cl)c2)CC1. The first kappa shape index (κ1) is 22.6. The van der Waals surface area contributed by atoms with Crippen LogP contribution >= 0.6 is 11.6 Å². The third-order valence-electron chi connectivity index (χ3n) is 6.35. The Morgan fingerprint density at radius 3 is 2.59 bits per heavy atom. The lowest BCUT2D eigenvalue weighted by atomic mass is 10.1. The Morgan fingerprint density at radius 1 is 1.06 bits per heavy atom. The van der Waals surface area contributed by atoms with Crippen molar-refractivity contribution in [3.05, 3.63) is 59.1 Å². The third-order valence-corrected chi connectivity index (χ3v) is 6.58. The molecule has 0 aliphatic carbocycles. The topological polar surface area (TPSA) is 55.9 Å². The van der Waals surface area contributed by atoms with Gasteiger partial charge in [0.25, 0.3) is 0 Å². The molecule has 0 saturated carbocycles. The van der Waals surface area contributed by atoms with Crippen molar-refractivity contribution in [1.29, 1.82) is 0 Å². The summed E-state index contributed by atoms with van der Waals surface area (Å²) in [5.74, 6) is -0.0681. The van der Waals surface area contributed by atoms with Crippen molar-refractivity contribution in [3.63, 3.8) is 0 Å². The van der Waals surface area contributed by atoms with Crippen LogP contribution in [0, 0.1) is 0 Å². The smallest absolute Gasteiger partial charge is 0.243 e. The maximum absolute atomic E-state index is 12.9. The van der Waals surface area contributed by atoms with E-state index in [-0.39, 0.29) is 11.8 Å². The van der Waals surface area contributed by atoms with Gasteiger partial charge in [-0.3, -0.25) is 19.4 Å². The van der Waals surface area contributed by atoms with Crippen molar-refractivity contribution < 1.29 is 9.59 Å². The number of amides is 2. The second kappa shape index (κ2) is 10.4. The average molecular weight is 455 g/mol. The van der Waals surface area contributed by atoms with Gasteiger partial charge in [0, 0.05) is 62.0 Å². The highest BCUT2D eigenvalue weighted by molar-refractivity contribution is 6.30. The van der Waals surface area contributed by atoms with Crippen molar-refractivity contribution in [2.75, 3.05) is 49.1 Å². The fraction of sp³-hybridized carbons (Fsp3) is 0.440. The monoisotopic (exact) mass is 454 g/mol. The lowest BCUT2D eigenvalue weighted by Gasteiger charge is -2.36. The van der Waals surface area contributed by atoms with Gasteiger partial charge < -0.3 is 10.2 Å². The molecule has 2 heterocycles. The maximum Gasteiger partial charge on any atom is 0.243 e. The molecule has 6 nitrogen and oxygen atoms in total. The number of rotatable bonds is 7. The predicted octanol–water partition coefficient (Wildman–Crippen LogP) is 3.34. The van der Waals surface area contributed by atoms with E-state index in [2.05, 4.69) is 21.2 Å². The summed E-state index contributed by atoms with van der Waals surface area (Å²) in [7, 11) is 0. The molecule has 7 heteroatoms. The molecule has 1 fully saturated rings. The minimum atomic E-state index is -0.443. The second-order valence-corrected chi connectivity index (χ2v) is 8.86. The van der Waals surface area contributed by atoms with Crippen LogP contribution in [-0.2, 0) is 16.0 Å². The van der Waals surface area contributed by atoms with E-state index >= 15 is 0 Å². The average Bonchev–Trinajstić information content (AvgIpc) is 3.21. The predicted molar refractivity (Wildman–Crippen MR) is 129 cm³/mol. The molecular formula is C25H31ClN4O2. The Hall–Kier alpha value is -2.57. The van der Waals surface area contributed by atoms with Gasteiger partial charge in [0.05, 0.1) is 0 Å². The fourth-order valence-corrected chi connectivity index (χ4v) is 4.79. The molecule has 1 saturated heterocycles. The van der Waals surface area contributed by atoms with Gasteiger partial charge in [-0.2, -0.15) is 0 Å². The van der Waals surface area contributed by atoms with Crippen molar-refractivity contribution >= 4 is 34.8 Å². The fourth-order valence-electron chi connectivity index (χ4n) is 4.61. The number of carbonyl (C=O) groups excluding carboxylic acids is 2. The van der Waals surface area contributed by atoms with Gasteiger partial charge in [-0.15, -0.1) is 0 Å². The van der Waals surface area contributed by atoms with E-state index in [0.29, 0.717) is 19.4 Å². The van der Waals surface area contributed by atoms with Crippen molar-refractivity contribution in [1.82, 2.24) is 10.2 Å². The molecule has 4 rings (SSSR count). The minimum absolute atomic E-state index is 0.00678. The molecule has 2 aromatic rings. The zero-order chi connectivity index (χ0) is 22.5. The summed E-state index contributed by atoms with van der Waals surface area (Å²) >= 11 is 6.12. The lowest BCUT2D eigenvalue weighted by Crippen LogP contribution is -2.49. The zero-order valence-electron chi connectivity index (χ0n) is 18.6. The second-order valence-electron chi connectivity index (χ2n) is 8.42. The van der Waals surface area contributed by atoms with E-state index in [1.807, 2.05) is 49.4 Å². The minimum Gasteiger partial charge on any atom is -0.369 e. The lowest BCUT2D eigenvalue weighted by molar-refractivity contribution is -0.126. The van der Waals surface area contributed by atoms with Gasteiger partial charge in [0.15, 0.2) is 0 Å². The van der Waals surface area contributed by atoms with Crippen molar-refractivity contribution in [2.45, 2.75) is 32.2 Å². The number of carbonyl (C=O) groups is 2. The van der Waals surface area contributed by atoms with Crippen LogP contribution in [0.5, 0.6) is 0 Å². The molecule has 0 aromatic heterocycles. The molecule has 2 aliphatic heterocycles. The number of piperazine rings is 1. The molecule has 32 heavy (non-hydrogen) atoms. The van der Waals surface area contributed by atoms with Gasteiger partial charge in [-0.05, 0) is 42.8 Å². The summed E-state index contributed by atoms with van der Waals surface area (Å²) in [4.78, 5) is 31.9. The normalized spacial score (nSPS) is 18.5. The van der Waals surface area contributed by atoms with Crippen LogP contribution in [0.1, 0.15) is 25.3 Å². The Bertz CT molecular complexity index is 958. The van der Waals surface area contributed by atoms with Crippen molar-refractivity contribution in [2.24, 2.45) is 0 Å². The van der Waals surface area contributed by atoms with E-state index < -0.39 is 6.04 Å². The van der Waals surface area contributed by atoms with Gasteiger partial charge in [-0.1, -0.05) is 42.8 Å². The first-order chi connectivity index (χ1) is 15.6. The summed E-state index contributed by atoms with van der Waals surface area (Å²) < 4.78 is 0. The molecule has 2 aromatic carbocycles. The molecular weight excluding hydrogens is 424 g/mol. The molecule has 0 radical (unpaired) electrons. The highest BCUT2D eigenvalue weighted by Gasteiger charge is 2.37. The van der Waals surface area contributed by atoms with Crippen molar-refractivity contribution in [3.8, 4) is 0 Å². The van der Waals surface area contributed by atoms with E-state index in [9.17, 15) is 9.59 Å². The number of para-hydroxylation sites is 1. The van der Waals surface area contributed by atoms with Crippen LogP contribution in [-0.4, -0.2) is 62.0 Å². The van der Waals surface area contributed by atoms with Gasteiger partial charge in [0.2, 0.25) is 11.8 Å². The Kier molecular flexibility index (Phi) is 7.33. The Labute approximate surface area is 195 Å². The van der Waals surface area contributed by atoms with E-state index in [1.165, 1.54) is 5.69 Å². The van der Waals surface area contributed by atoms with E-state index in [4.69, 9.17) is 11.6 Å². The molecule has 0 bridgehead atoms. The summed E-state index contributed by atoms with van der Waals surface area (Å²) in [5.41, 5.74) is 3.11. The largest absolute Gasteiger partial charge is 0.369 e. The number of hydrogen-bond acceptors (Lipinski definition) is 4. The quantitative estimate of drug-likeness (QED) is 0.652. The number of benzene rings is 2. The molecule has 170 valence electrons. The van der Waals surface area contributed by atoms with Crippen LogP contribution in [0.15, 0.2) is 48.5 Å². The highest BCUT2D eigenvalue weighted by Crippen LogP contribution is 2.32. The standard InChI is InChI=1S/C25H31ClN4O2/c1-2-24(31)30-22-10-4-3-7-19(22)17-23(30)25(32)27-11-6-12-28-13-15-29(16-14-28)21-9-5-8-20(26)18-21/h3-5,7-10,18,23H,2,6,11-17H2,1H3,(H,27,32)/t23-/m1/s1. The molecule has 2 amide bonds. The summed E-state index contributed by atoms with van der Waals surface area (Å²) in [6.45, 7) is 7.35. The molecule has 1 atom stereocenters. The number of fused-ring (bicyclic) bond motifs is 1. The Balaban J connectivity index is 1.21. The van der Waals surface area contributed by atoms with Crippen LogP contribution in [0.3, 0.4) is 0 Å². The molecule has 0 spiro atoms. The molecule has 2 aliphatic rings. The third kappa shape index (κ3) is 5.08. The number of halogens is 1. The van der Waals surface area contributed by atoms with Crippen LogP contribution in [0.2, 0.25) is 5.02 Å². The first-order valence-electron chi connectivity index (χ1n) is 11.5. The maximum atomic E-state index is 12.9. The number of nitrogens with zero attached hydrogens (tertiary/aromatic N) is 3. The van der Waals surface area contributed by atoms with E-state index in [0.717, 1.165) is 55.4 Å². The van der Waals surface area contributed by atoms with E-state index in [1.54, 1.807) is 4.90 Å². The first-order valence-corrected chi connectivity index (χ1v) is 11.8.